The molecule has 0 amide bonds. The van der Waals surface area contributed by atoms with Crippen molar-refractivity contribution in [1.29, 1.82) is 0 Å². The van der Waals surface area contributed by atoms with Gasteiger partial charge >= 0.3 is 5.97 Å². The van der Waals surface area contributed by atoms with E-state index < -0.39 is 39.9 Å². The lowest BCUT2D eigenvalue weighted by molar-refractivity contribution is -0.138. The number of sulfonamides is 1. The molecule has 0 saturated heterocycles. The predicted molar refractivity (Wildman–Crippen MR) is 92.5 cm³/mol. The molecular formula is C17H17F2NO6S. The maximum atomic E-state index is 14.2. The summed E-state index contributed by atoms with van der Waals surface area (Å²) >= 11 is 0. The number of benzene rings is 2. The van der Waals surface area contributed by atoms with Crippen molar-refractivity contribution in [3.05, 3.63) is 48.0 Å². The van der Waals surface area contributed by atoms with Gasteiger partial charge in [-0.05, 0) is 24.3 Å². The Hall–Kier alpha value is -2.88. The van der Waals surface area contributed by atoms with Crippen molar-refractivity contribution < 1.29 is 36.2 Å². The summed E-state index contributed by atoms with van der Waals surface area (Å²) in [4.78, 5) is 11.4. The molecule has 0 saturated carbocycles. The summed E-state index contributed by atoms with van der Waals surface area (Å²) in [5.41, 5.74) is -0.503. The Morgan fingerprint density at radius 3 is 2.22 bits per heavy atom. The molecule has 0 radical (unpaired) electrons. The summed E-state index contributed by atoms with van der Waals surface area (Å²) < 4.78 is 68.7. The Balaban J connectivity index is 2.61. The van der Waals surface area contributed by atoms with Gasteiger partial charge in [0.2, 0.25) is 0 Å². The topological polar surface area (TPSA) is 82.1 Å². The first-order valence-electron chi connectivity index (χ1n) is 7.51. The number of hydrogen-bond donors (Lipinski definition) is 0. The summed E-state index contributed by atoms with van der Waals surface area (Å²) in [7, 11) is -0.660. The summed E-state index contributed by atoms with van der Waals surface area (Å²) in [6.07, 6.45) is 0. The van der Waals surface area contributed by atoms with Crippen molar-refractivity contribution in [1.82, 2.24) is 0 Å². The van der Waals surface area contributed by atoms with Crippen molar-refractivity contribution in [3.8, 4) is 11.5 Å². The molecule has 146 valence electrons. The van der Waals surface area contributed by atoms with Crippen molar-refractivity contribution in [2.75, 3.05) is 32.2 Å². The third-order valence-corrected chi connectivity index (χ3v) is 5.38. The van der Waals surface area contributed by atoms with E-state index in [1.807, 2.05) is 0 Å². The molecule has 2 aromatic carbocycles. The van der Waals surface area contributed by atoms with Gasteiger partial charge in [-0.25, -0.2) is 17.2 Å². The van der Waals surface area contributed by atoms with E-state index in [4.69, 9.17) is 9.47 Å². The molecule has 0 N–H and O–H groups in total. The van der Waals surface area contributed by atoms with Crippen LogP contribution in [0.15, 0.2) is 41.3 Å². The van der Waals surface area contributed by atoms with Gasteiger partial charge in [-0.3, -0.25) is 9.10 Å². The minimum Gasteiger partial charge on any atom is -0.493 e. The van der Waals surface area contributed by atoms with E-state index in [1.54, 1.807) is 0 Å². The van der Waals surface area contributed by atoms with Crippen LogP contribution in [0.2, 0.25) is 0 Å². The number of carbonyl (C=O) groups excluding carboxylic acids is 1. The van der Waals surface area contributed by atoms with Crippen LogP contribution in [0.4, 0.5) is 14.5 Å². The van der Waals surface area contributed by atoms with Gasteiger partial charge in [0.25, 0.3) is 10.0 Å². The quantitative estimate of drug-likeness (QED) is 0.663. The van der Waals surface area contributed by atoms with Crippen LogP contribution in [0.1, 0.15) is 0 Å². The number of hydrogen-bond acceptors (Lipinski definition) is 6. The molecule has 7 nitrogen and oxygen atoms in total. The van der Waals surface area contributed by atoms with Crippen LogP contribution in [0.25, 0.3) is 0 Å². The molecule has 2 aromatic rings. The SMILES string of the molecule is COC(=O)CN(c1ccc(F)cc1F)S(=O)(=O)c1ccc(OC)c(OC)c1. The van der Waals surface area contributed by atoms with Gasteiger partial charge in [0.15, 0.2) is 11.5 Å². The fraction of sp³-hybridized carbons (Fsp3) is 0.235. The smallest absolute Gasteiger partial charge is 0.326 e. The zero-order valence-corrected chi connectivity index (χ0v) is 15.5. The van der Waals surface area contributed by atoms with E-state index in [-0.39, 0.29) is 16.4 Å². The summed E-state index contributed by atoms with van der Waals surface area (Å²) in [5, 5.41) is 0. The monoisotopic (exact) mass is 401 g/mol. The standard InChI is InChI=1S/C17H17F2NO6S/c1-24-15-7-5-12(9-16(15)25-2)27(22,23)20(10-17(21)26-3)14-6-4-11(18)8-13(14)19/h4-9H,10H2,1-3H3. The van der Waals surface area contributed by atoms with E-state index in [0.29, 0.717) is 10.4 Å². The van der Waals surface area contributed by atoms with Gasteiger partial charge in [-0.1, -0.05) is 0 Å². The summed E-state index contributed by atoms with van der Waals surface area (Å²) in [6.45, 7) is -0.810. The van der Waals surface area contributed by atoms with Crippen molar-refractivity contribution in [3.63, 3.8) is 0 Å². The highest BCUT2D eigenvalue weighted by atomic mass is 32.2. The molecule has 0 spiro atoms. The molecule has 0 aliphatic carbocycles. The molecule has 2 rings (SSSR count). The van der Waals surface area contributed by atoms with Gasteiger partial charge in [-0.15, -0.1) is 0 Å². The van der Waals surface area contributed by atoms with Crippen LogP contribution < -0.4 is 13.8 Å². The zero-order chi connectivity index (χ0) is 20.2. The Morgan fingerprint density at radius 1 is 1.00 bits per heavy atom. The second-order valence-corrected chi connectivity index (χ2v) is 7.06. The molecule has 0 fully saturated rings. The van der Waals surface area contributed by atoms with Gasteiger partial charge in [0, 0.05) is 12.1 Å². The molecule has 0 aromatic heterocycles. The highest BCUT2D eigenvalue weighted by Crippen LogP contribution is 2.33. The van der Waals surface area contributed by atoms with E-state index >= 15 is 0 Å². The average Bonchev–Trinajstić information content (AvgIpc) is 2.65. The zero-order valence-electron chi connectivity index (χ0n) is 14.7. The first-order valence-corrected chi connectivity index (χ1v) is 8.95. The lowest BCUT2D eigenvalue weighted by Gasteiger charge is -2.24. The molecular weight excluding hydrogens is 384 g/mol. The van der Waals surface area contributed by atoms with Crippen LogP contribution in [0.3, 0.4) is 0 Å². The summed E-state index contributed by atoms with van der Waals surface area (Å²) in [5.74, 6) is -2.57. The molecule has 0 atom stereocenters. The van der Waals surface area contributed by atoms with Crippen LogP contribution in [-0.2, 0) is 19.6 Å². The van der Waals surface area contributed by atoms with Gasteiger partial charge < -0.3 is 14.2 Å². The van der Waals surface area contributed by atoms with Crippen molar-refractivity contribution >= 4 is 21.7 Å². The predicted octanol–water partition coefficient (Wildman–Crippen LogP) is 2.35. The number of nitrogens with zero attached hydrogens (tertiary/aromatic N) is 1. The second kappa shape index (κ2) is 8.21. The van der Waals surface area contributed by atoms with Gasteiger partial charge in [-0.2, -0.15) is 0 Å². The maximum Gasteiger partial charge on any atom is 0.326 e. The first-order chi connectivity index (χ1) is 12.7. The number of halogens is 2. The van der Waals surface area contributed by atoms with E-state index in [0.717, 1.165) is 19.2 Å². The number of carbonyl (C=O) groups is 1. The van der Waals surface area contributed by atoms with Crippen LogP contribution in [0.5, 0.6) is 11.5 Å². The molecule has 10 heteroatoms. The fourth-order valence-electron chi connectivity index (χ4n) is 2.27. The largest absolute Gasteiger partial charge is 0.493 e. The molecule has 0 bridgehead atoms. The number of esters is 1. The third-order valence-electron chi connectivity index (χ3n) is 3.62. The highest BCUT2D eigenvalue weighted by molar-refractivity contribution is 7.92. The average molecular weight is 401 g/mol. The van der Waals surface area contributed by atoms with Gasteiger partial charge in [0.1, 0.15) is 18.2 Å². The lowest BCUT2D eigenvalue weighted by atomic mass is 10.3. The van der Waals surface area contributed by atoms with Crippen molar-refractivity contribution in [2.45, 2.75) is 4.90 Å². The Bertz CT molecular complexity index is 948. The van der Waals surface area contributed by atoms with Crippen LogP contribution in [0, 0.1) is 11.6 Å². The Labute approximate surface area is 155 Å². The molecule has 0 aliphatic rings. The third kappa shape index (κ3) is 4.27. The number of methoxy groups -OCH3 is 3. The van der Waals surface area contributed by atoms with Crippen molar-refractivity contribution in [2.24, 2.45) is 0 Å². The number of rotatable bonds is 7. The first kappa shape index (κ1) is 20.4. The normalized spacial score (nSPS) is 11.0. The molecule has 0 unspecified atom stereocenters. The van der Waals surface area contributed by atoms with Crippen LogP contribution >= 0.6 is 0 Å². The molecule has 27 heavy (non-hydrogen) atoms. The van der Waals surface area contributed by atoms with Gasteiger partial charge in [0.05, 0.1) is 31.9 Å². The Kier molecular flexibility index (Phi) is 6.21. The highest BCUT2D eigenvalue weighted by Gasteiger charge is 2.30. The number of ether oxygens (including phenoxy) is 3. The van der Waals surface area contributed by atoms with E-state index in [2.05, 4.69) is 4.74 Å². The van der Waals surface area contributed by atoms with Crippen LogP contribution in [-0.4, -0.2) is 42.3 Å². The molecule has 0 aliphatic heterocycles. The second-order valence-electron chi connectivity index (χ2n) is 5.20. The maximum absolute atomic E-state index is 14.2. The minimum absolute atomic E-state index is 0.121. The fourth-order valence-corrected chi connectivity index (χ4v) is 3.70. The molecule has 0 heterocycles. The Morgan fingerprint density at radius 2 is 1.67 bits per heavy atom. The lowest BCUT2D eigenvalue weighted by Crippen LogP contribution is -2.37. The summed E-state index contributed by atoms with van der Waals surface area (Å²) in [6, 6.07) is 6.05. The number of anilines is 1. The minimum atomic E-state index is -4.42. The van der Waals surface area contributed by atoms with E-state index in [9.17, 15) is 22.0 Å². The van der Waals surface area contributed by atoms with E-state index in [1.165, 1.54) is 32.4 Å².